The predicted octanol–water partition coefficient (Wildman–Crippen LogP) is 6.62. The summed E-state index contributed by atoms with van der Waals surface area (Å²) in [6.45, 7) is 13.1. The molecular formula is C29H35N3O. The van der Waals surface area contributed by atoms with Gasteiger partial charge in [0.2, 0.25) is 0 Å². The summed E-state index contributed by atoms with van der Waals surface area (Å²) >= 11 is 0. The molecule has 4 heteroatoms. The third kappa shape index (κ3) is 5.23. The van der Waals surface area contributed by atoms with Gasteiger partial charge in [-0.25, -0.2) is 4.85 Å². The highest BCUT2D eigenvalue weighted by molar-refractivity contribution is 5.47. The first-order chi connectivity index (χ1) is 16.2. The second-order valence-corrected chi connectivity index (χ2v) is 9.92. The van der Waals surface area contributed by atoms with Crippen molar-refractivity contribution >= 4 is 5.69 Å². The zero-order chi connectivity index (χ0) is 23.1. The van der Waals surface area contributed by atoms with Gasteiger partial charge in [-0.05, 0) is 68.3 Å². The topological polar surface area (TPSA) is 40.6 Å². The average molecular weight is 442 g/mol. The van der Waals surface area contributed by atoms with Crippen molar-refractivity contribution in [2.45, 2.75) is 50.9 Å². The number of hydrogen-bond donors (Lipinski definition) is 0. The molecule has 33 heavy (non-hydrogen) atoms. The molecule has 4 nitrogen and oxygen atoms in total. The Morgan fingerprint density at radius 1 is 1.03 bits per heavy atom. The summed E-state index contributed by atoms with van der Waals surface area (Å²) in [6.07, 6.45) is 7.08. The minimum Gasteiger partial charge on any atom is -0.493 e. The van der Waals surface area contributed by atoms with Gasteiger partial charge < -0.3 is 9.64 Å². The highest BCUT2D eigenvalue weighted by Gasteiger charge is 2.48. The number of hydrogen-bond acceptors (Lipinski definition) is 3. The van der Waals surface area contributed by atoms with Crippen LogP contribution in [0, 0.1) is 35.7 Å². The smallest absolute Gasteiger partial charge is 0.187 e. The fourth-order valence-corrected chi connectivity index (χ4v) is 6.07. The van der Waals surface area contributed by atoms with Crippen LogP contribution in [-0.2, 0) is 5.41 Å². The number of piperidine rings is 1. The standard InChI is InChI=1S/C29H35N3O/c1-23(21-33-28-14-12-27(31-2)13-15-28)20-32-18-16-26(17-19-32)29(22-30,25-10-6-7-11-25)24-8-4-3-5-9-24/h3-5,8-9,12-15,23,25-26H,6-7,10-11,16-21H2,1H3. The van der Waals surface area contributed by atoms with Crippen LogP contribution in [0.2, 0.25) is 0 Å². The van der Waals surface area contributed by atoms with Crippen LogP contribution in [0.3, 0.4) is 0 Å². The molecule has 0 N–H and O–H groups in total. The first-order valence-corrected chi connectivity index (χ1v) is 12.4. The Balaban J connectivity index is 1.34. The van der Waals surface area contributed by atoms with Crippen LogP contribution in [-0.4, -0.2) is 31.1 Å². The maximum Gasteiger partial charge on any atom is 0.187 e. The van der Waals surface area contributed by atoms with Crippen molar-refractivity contribution in [3.05, 3.63) is 71.6 Å². The molecule has 1 saturated carbocycles. The Morgan fingerprint density at radius 2 is 1.67 bits per heavy atom. The van der Waals surface area contributed by atoms with E-state index < -0.39 is 0 Å². The maximum absolute atomic E-state index is 10.6. The summed E-state index contributed by atoms with van der Waals surface area (Å²) in [5.74, 6) is 2.16. The number of ether oxygens (including phenoxy) is 1. The molecule has 2 aliphatic rings. The quantitative estimate of drug-likeness (QED) is 0.432. The van der Waals surface area contributed by atoms with E-state index in [-0.39, 0.29) is 5.41 Å². The number of nitrogens with zero attached hydrogens (tertiary/aromatic N) is 3. The lowest BCUT2D eigenvalue weighted by Gasteiger charge is -2.45. The number of rotatable bonds is 8. The van der Waals surface area contributed by atoms with Crippen LogP contribution in [0.4, 0.5) is 5.69 Å². The molecule has 0 radical (unpaired) electrons. The molecule has 1 heterocycles. The fraction of sp³-hybridized carbons (Fsp3) is 0.517. The van der Waals surface area contributed by atoms with Gasteiger partial charge in [-0.15, -0.1) is 0 Å². The SMILES string of the molecule is [C-]#[N+]c1ccc(OCC(C)CN2CCC(C(C#N)(c3ccccc3)C3CCCC3)CC2)cc1. The molecule has 0 spiro atoms. The zero-order valence-electron chi connectivity index (χ0n) is 19.7. The van der Waals surface area contributed by atoms with Gasteiger partial charge in [-0.2, -0.15) is 5.26 Å². The van der Waals surface area contributed by atoms with Crippen LogP contribution in [0.25, 0.3) is 4.85 Å². The van der Waals surface area contributed by atoms with E-state index in [0.29, 0.717) is 30.0 Å². The minimum absolute atomic E-state index is 0.337. The Bertz CT molecular complexity index is 961. The maximum atomic E-state index is 10.6. The summed E-state index contributed by atoms with van der Waals surface area (Å²) in [6, 6.07) is 20.9. The molecular weight excluding hydrogens is 406 g/mol. The highest BCUT2D eigenvalue weighted by atomic mass is 16.5. The molecule has 2 aromatic carbocycles. The van der Waals surface area contributed by atoms with E-state index >= 15 is 0 Å². The highest BCUT2D eigenvalue weighted by Crippen LogP contribution is 2.49. The molecule has 2 atom stereocenters. The van der Waals surface area contributed by atoms with E-state index in [2.05, 4.69) is 53.1 Å². The van der Waals surface area contributed by atoms with E-state index in [1.807, 2.05) is 12.1 Å². The molecule has 1 aliphatic carbocycles. The third-order valence-corrected chi connectivity index (χ3v) is 7.74. The van der Waals surface area contributed by atoms with Crippen molar-refractivity contribution in [3.8, 4) is 11.8 Å². The van der Waals surface area contributed by atoms with Crippen LogP contribution >= 0.6 is 0 Å². The average Bonchev–Trinajstić information content (AvgIpc) is 3.41. The van der Waals surface area contributed by atoms with E-state index in [0.717, 1.165) is 38.2 Å². The van der Waals surface area contributed by atoms with Crippen molar-refractivity contribution in [3.63, 3.8) is 0 Å². The van der Waals surface area contributed by atoms with Crippen molar-refractivity contribution < 1.29 is 4.74 Å². The van der Waals surface area contributed by atoms with Crippen LogP contribution in [0.5, 0.6) is 5.75 Å². The molecule has 0 amide bonds. The number of benzene rings is 2. The molecule has 0 bridgehead atoms. The van der Waals surface area contributed by atoms with Crippen molar-refractivity contribution in [2.24, 2.45) is 17.8 Å². The van der Waals surface area contributed by atoms with Gasteiger partial charge in [0.05, 0.1) is 24.7 Å². The summed E-state index contributed by atoms with van der Waals surface area (Å²) < 4.78 is 5.95. The Labute approximate surface area is 199 Å². The third-order valence-electron chi connectivity index (χ3n) is 7.74. The number of nitriles is 1. The minimum atomic E-state index is -0.337. The van der Waals surface area contributed by atoms with Gasteiger partial charge in [0, 0.05) is 12.5 Å². The molecule has 2 unspecified atom stereocenters. The Morgan fingerprint density at radius 3 is 2.27 bits per heavy atom. The van der Waals surface area contributed by atoms with Crippen LogP contribution in [0.15, 0.2) is 54.6 Å². The summed E-state index contributed by atoms with van der Waals surface area (Å²) in [7, 11) is 0. The molecule has 1 aliphatic heterocycles. The summed E-state index contributed by atoms with van der Waals surface area (Å²) in [5.41, 5.74) is 1.54. The number of likely N-dealkylation sites (tertiary alicyclic amines) is 1. The van der Waals surface area contributed by atoms with Crippen LogP contribution < -0.4 is 4.74 Å². The molecule has 172 valence electrons. The van der Waals surface area contributed by atoms with Crippen molar-refractivity contribution in [2.75, 3.05) is 26.2 Å². The second kappa shape index (κ2) is 10.9. The lowest BCUT2D eigenvalue weighted by Crippen LogP contribution is -2.47. The first kappa shape index (κ1) is 23.3. The lowest BCUT2D eigenvalue weighted by atomic mass is 9.60. The summed E-state index contributed by atoms with van der Waals surface area (Å²) in [4.78, 5) is 5.98. The Kier molecular flexibility index (Phi) is 7.69. The summed E-state index contributed by atoms with van der Waals surface area (Å²) in [5, 5.41) is 10.6. The van der Waals surface area contributed by atoms with E-state index in [1.54, 1.807) is 12.1 Å². The zero-order valence-corrected chi connectivity index (χ0v) is 19.7. The molecule has 2 fully saturated rings. The van der Waals surface area contributed by atoms with Crippen molar-refractivity contribution in [1.82, 2.24) is 4.90 Å². The van der Waals surface area contributed by atoms with Crippen LogP contribution in [0.1, 0.15) is 51.0 Å². The molecule has 2 aromatic rings. The first-order valence-electron chi connectivity index (χ1n) is 12.4. The van der Waals surface area contributed by atoms with Crippen molar-refractivity contribution in [1.29, 1.82) is 5.26 Å². The van der Waals surface area contributed by atoms with Gasteiger partial charge in [-0.3, -0.25) is 0 Å². The van der Waals surface area contributed by atoms with E-state index in [1.165, 1.54) is 31.2 Å². The molecule has 0 aromatic heterocycles. The van der Waals surface area contributed by atoms with E-state index in [9.17, 15) is 5.26 Å². The fourth-order valence-electron chi connectivity index (χ4n) is 6.07. The normalized spacial score (nSPS) is 20.5. The van der Waals surface area contributed by atoms with Gasteiger partial charge >= 0.3 is 0 Å². The lowest BCUT2D eigenvalue weighted by molar-refractivity contribution is 0.101. The van der Waals surface area contributed by atoms with Gasteiger partial charge in [0.15, 0.2) is 5.69 Å². The predicted molar refractivity (Wildman–Crippen MR) is 132 cm³/mol. The molecule has 1 saturated heterocycles. The van der Waals surface area contributed by atoms with E-state index in [4.69, 9.17) is 11.3 Å². The monoisotopic (exact) mass is 441 g/mol. The second-order valence-electron chi connectivity index (χ2n) is 9.92. The van der Waals surface area contributed by atoms with Gasteiger partial charge in [0.1, 0.15) is 5.75 Å². The molecule has 4 rings (SSSR count). The van der Waals surface area contributed by atoms with Gasteiger partial charge in [-0.1, -0.05) is 62.2 Å². The largest absolute Gasteiger partial charge is 0.493 e. The Hall–Kier alpha value is -2.82. The van der Waals surface area contributed by atoms with Gasteiger partial charge in [0.25, 0.3) is 0 Å².